The van der Waals surface area contributed by atoms with Crippen LogP contribution in [0.25, 0.3) is 0 Å². The number of nitrogens with zero attached hydrogens (tertiary/aromatic N) is 1. The van der Waals surface area contributed by atoms with Gasteiger partial charge in [-0.15, -0.1) is 0 Å². The molecule has 0 unspecified atom stereocenters. The lowest BCUT2D eigenvalue weighted by atomic mass is 10.1. The molecule has 0 saturated carbocycles. The monoisotopic (exact) mass is 393 g/mol. The van der Waals surface area contributed by atoms with Crippen LogP contribution >= 0.6 is 11.6 Å². The summed E-state index contributed by atoms with van der Waals surface area (Å²) in [7, 11) is 0. The number of amides is 1. The van der Waals surface area contributed by atoms with E-state index in [1.807, 2.05) is 30.3 Å². The lowest BCUT2D eigenvalue weighted by molar-refractivity contribution is 0.101. The van der Waals surface area contributed by atoms with E-state index in [9.17, 15) is 9.59 Å². The Bertz CT molecular complexity index is 987. The highest BCUT2D eigenvalue weighted by Crippen LogP contribution is 2.14. The van der Waals surface area contributed by atoms with Gasteiger partial charge in [0, 0.05) is 34.7 Å². The molecule has 142 valence electrons. The second-order valence-corrected chi connectivity index (χ2v) is 6.76. The normalized spacial score (nSPS) is 10.4. The second-order valence-electron chi connectivity index (χ2n) is 6.32. The van der Waals surface area contributed by atoms with Crippen LogP contribution in [-0.2, 0) is 6.42 Å². The lowest BCUT2D eigenvalue weighted by Gasteiger charge is -2.09. The highest BCUT2D eigenvalue weighted by Gasteiger charge is 2.09. The molecule has 0 aliphatic rings. The van der Waals surface area contributed by atoms with Gasteiger partial charge in [0.25, 0.3) is 5.91 Å². The van der Waals surface area contributed by atoms with Gasteiger partial charge in [-0.25, -0.2) is 0 Å². The van der Waals surface area contributed by atoms with E-state index in [1.54, 1.807) is 36.5 Å². The molecule has 0 bridgehead atoms. The van der Waals surface area contributed by atoms with E-state index in [2.05, 4.69) is 15.6 Å². The first-order valence-corrected chi connectivity index (χ1v) is 9.26. The summed E-state index contributed by atoms with van der Waals surface area (Å²) in [6, 6.07) is 18.0. The first-order valence-electron chi connectivity index (χ1n) is 8.88. The maximum Gasteiger partial charge on any atom is 0.274 e. The van der Waals surface area contributed by atoms with E-state index >= 15 is 0 Å². The van der Waals surface area contributed by atoms with Gasteiger partial charge >= 0.3 is 0 Å². The molecule has 5 nitrogen and oxygen atoms in total. The fourth-order valence-electron chi connectivity index (χ4n) is 2.69. The number of carbonyl (C=O) groups excluding carboxylic acids is 2. The number of anilines is 2. The number of nitrogens with one attached hydrogen (secondary N) is 2. The summed E-state index contributed by atoms with van der Waals surface area (Å²) < 4.78 is 0. The standard InChI is InChI=1S/C22H20ClN3O2/c1-15(27)17-5-7-19(8-6-17)26-22(28)21-14-20(10-12-25-21)24-11-9-16-3-2-4-18(23)13-16/h2-8,10,12-14H,9,11H2,1H3,(H,24,25)(H,26,28). The molecule has 6 heteroatoms. The fourth-order valence-corrected chi connectivity index (χ4v) is 2.90. The van der Waals surface area contributed by atoms with Crippen molar-refractivity contribution >= 4 is 34.7 Å². The van der Waals surface area contributed by atoms with Crippen molar-refractivity contribution in [2.75, 3.05) is 17.2 Å². The number of benzene rings is 2. The Labute approximate surface area is 168 Å². The number of hydrogen-bond acceptors (Lipinski definition) is 4. The third-order valence-corrected chi connectivity index (χ3v) is 4.41. The molecule has 0 aliphatic carbocycles. The minimum absolute atomic E-state index is 0.0175. The number of carbonyl (C=O) groups is 2. The van der Waals surface area contributed by atoms with Crippen LogP contribution in [0.5, 0.6) is 0 Å². The van der Waals surface area contributed by atoms with E-state index in [-0.39, 0.29) is 11.7 Å². The van der Waals surface area contributed by atoms with Gasteiger partial charge in [-0.1, -0.05) is 23.7 Å². The maximum atomic E-state index is 12.4. The van der Waals surface area contributed by atoms with Crippen LogP contribution < -0.4 is 10.6 Å². The Morgan fingerprint density at radius 1 is 1.00 bits per heavy atom. The van der Waals surface area contributed by atoms with Crippen molar-refractivity contribution in [2.45, 2.75) is 13.3 Å². The van der Waals surface area contributed by atoms with Crippen molar-refractivity contribution in [3.05, 3.63) is 88.7 Å². The van der Waals surface area contributed by atoms with E-state index in [4.69, 9.17) is 11.6 Å². The Kier molecular flexibility index (Phi) is 6.40. The summed E-state index contributed by atoms with van der Waals surface area (Å²) in [6.07, 6.45) is 2.41. The molecule has 3 rings (SSSR count). The Morgan fingerprint density at radius 3 is 2.50 bits per heavy atom. The minimum Gasteiger partial charge on any atom is -0.385 e. The Hall–Kier alpha value is -3.18. The van der Waals surface area contributed by atoms with Crippen molar-refractivity contribution in [1.29, 1.82) is 0 Å². The molecule has 1 amide bonds. The van der Waals surface area contributed by atoms with E-state index in [1.165, 1.54) is 6.92 Å². The van der Waals surface area contributed by atoms with E-state index in [0.29, 0.717) is 23.5 Å². The van der Waals surface area contributed by atoms with Crippen molar-refractivity contribution in [3.63, 3.8) is 0 Å². The molecule has 0 atom stereocenters. The van der Waals surface area contributed by atoms with Gasteiger partial charge in [0.15, 0.2) is 5.78 Å². The first-order chi connectivity index (χ1) is 13.5. The van der Waals surface area contributed by atoms with Gasteiger partial charge in [0.05, 0.1) is 0 Å². The molecule has 0 saturated heterocycles. The summed E-state index contributed by atoms with van der Waals surface area (Å²) in [4.78, 5) is 27.9. The molecule has 2 N–H and O–H groups in total. The van der Waals surface area contributed by atoms with Crippen LogP contribution in [0.15, 0.2) is 66.9 Å². The number of aromatic nitrogens is 1. The zero-order valence-electron chi connectivity index (χ0n) is 15.4. The quantitative estimate of drug-likeness (QED) is 0.563. The molecular formula is C22H20ClN3O2. The summed E-state index contributed by atoms with van der Waals surface area (Å²) in [6.45, 7) is 2.21. The predicted octanol–water partition coefficient (Wildman–Crippen LogP) is 4.84. The van der Waals surface area contributed by atoms with Crippen molar-refractivity contribution in [2.24, 2.45) is 0 Å². The minimum atomic E-state index is -0.311. The van der Waals surface area contributed by atoms with Gasteiger partial charge in [0.2, 0.25) is 0 Å². The zero-order valence-corrected chi connectivity index (χ0v) is 16.2. The van der Waals surface area contributed by atoms with Gasteiger partial charge in [-0.3, -0.25) is 14.6 Å². The number of rotatable bonds is 7. The van der Waals surface area contributed by atoms with E-state index in [0.717, 1.165) is 22.7 Å². The number of halogens is 1. The van der Waals surface area contributed by atoms with Crippen LogP contribution in [0.3, 0.4) is 0 Å². The largest absolute Gasteiger partial charge is 0.385 e. The van der Waals surface area contributed by atoms with Gasteiger partial charge in [0.1, 0.15) is 5.69 Å². The highest BCUT2D eigenvalue weighted by atomic mass is 35.5. The molecule has 0 radical (unpaired) electrons. The van der Waals surface area contributed by atoms with Gasteiger partial charge < -0.3 is 10.6 Å². The van der Waals surface area contributed by atoms with Crippen LogP contribution in [0.4, 0.5) is 11.4 Å². The zero-order chi connectivity index (χ0) is 19.9. The Balaban J connectivity index is 1.58. The molecule has 1 heterocycles. The topological polar surface area (TPSA) is 71.1 Å². The maximum absolute atomic E-state index is 12.4. The van der Waals surface area contributed by atoms with Crippen LogP contribution in [0.1, 0.15) is 33.3 Å². The summed E-state index contributed by atoms with van der Waals surface area (Å²) in [5.41, 5.74) is 3.47. The summed E-state index contributed by atoms with van der Waals surface area (Å²) >= 11 is 6.00. The van der Waals surface area contributed by atoms with Gasteiger partial charge in [-0.2, -0.15) is 0 Å². The number of hydrogen-bond donors (Lipinski definition) is 2. The molecule has 0 aliphatic heterocycles. The number of pyridine rings is 1. The lowest BCUT2D eigenvalue weighted by Crippen LogP contribution is -2.14. The van der Waals surface area contributed by atoms with E-state index < -0.39 is 0 Å². The Morgan fingerprint density at radius 2 is 1.79 bits per heavy atom. The molecule has 28 heavy (non-hydrogen) atoms. The third-order valence-electron chi connectivity index (χ3n) is 4.17. The SMILES string of the molecule is CC(=O)c1ccc(NC(=O)c2cc(NCCc3cccc(Cl)c3)ccn2)cc1. The predicted molar refractivity (Wildman–Crippen MR) is 112 cm³/mol. The van der Waals surface area contributed by atoms with Crippen LogP contribution in [0, 0.1) is 0 Å². The molecule has 0 spiro atoms. The molecule has 2 aromatic carbocycles. The molecule has 1 aromatic heterocycles. The second kappa shape index (κ2) is 9.15. The molecule has 0 fully saturated rings. The van der Waals surface area contributed by atoms with Crippen molar-refractivity contribution < 1.29 is 9.59 Å². The first kappa shape index (κ1) is 19.6. The number of Topliss-reactive ketones (excluding diaryl/α,β-unsaturated/α-hetero) is 1. The summed E-state index contributed by atoms with van der Waals surface area (Å²) in [5, 5.41) is 6.79. The average Bonchev–Trinajstić information content (AvgIpc) is 2.69. The van der Waals surface area contributed by atoms with Gasteiger partial charge in [-0.05, 0) is 67.4 Å². The fraction of sp³-hybridized carbons (Fsp3) is 0.136. The smallest absolute Gasteiger partial charge is 0.274 e. The average molecular weight is 394 g/mol. The van der Waals surface area contributed by atoms with Crippen molar-refractivity contribution in [1.82, 2.24) is 4.98 Å². The van der Waals surface area contributed by atoms with Crippen LogP contribution in [0.2, 0.25) is 5.02 Å². The highest BCUT2D eigenvalue weighted by molar-refractivity contribution is 6.30. The van der Waals surface area contributed by atoms with Crippen molar-refractivity contribution in [3.8, 4) is 0 Å². The third kappa shape index (κ3) is 5.41. The molecular weight excluding hydrogens is 374 g/mol. The molecule has 3 aromatic rings. The van der Waals surface area contributed by atoms with Crippen LogP contribution in [-0.4, -0.2) is 23.2 Å². The number of ketones is 1. The summed E-state index contributed by atoms with van der Waals surface area (Å²) in [5.74, 6) is -0.329.